The summed E-state index contributed by atoms with van der Waals surface area (Å²) in [6, 6.07) is 6.07. The average molecular weight is 254 g/mol. The number of aliphatic hydroxyl groups excluding tert-OH is 1. The van der Waals surface area contributed by atoms with E-state index in [4.69, 9.17) is 9.84 Å². The number of rotatable bonds is 7. The predicted molar refractivity (Wildman–Crippen MR) is 67.8 cm³/mol. The van der Waals surface area contributed by atoms with Crippen LogP contribution in [0.25, 0.3) is 0 Å². The lowest BCUT2D eigenvalue weighted by molar-refractivity contribution is -0.384. The minimum absolute atomic E-state index is 0.0494. The lowest BCUT2D eigenvalue weighted by Crippen LogP contribution is -2.35. The third-order valence-electron chi connectivity index (χ3n) is 2.78. The Balaban J connectivity index is 2.38. The van der Waals surface area contributed by atoms with Crippen molar-refractivity contribution in [3.63, 3.8) is 0 Å². The smallest absolute Gasteiger partial charge is 0.269 e. The van der Waals surface area contributed by atoms with Gasteiger partial charge >= 0.3 is 0 Å². The molecule has 0 aliphatic rings. The van der Waals surface area contributed by atoms with Gasteiger partial charge in [0.2, 0.25) is 0 Å². The molecule has 0 spiro atoms. The minimum Gasteiger partial charge on any atom is -0.492 e. The van der Waals surface area contributed by atoms with Crippen molar-refractivity contribution >= 4 is 5.69 Å². The standard InChI is InChI=1S/C12H18N2O4/c1-10(9-15)13(2)7-8-18-12-5-3-11(4-6-12)14(16)17/h3-6,10,15H,7-9H2,1-2H3. The number of likely N-dealkylation sites (N-methyl/N-ethyl adjacent to an activating group) is 1. The normalized spacial score (nSPS) is 12.4. The van der Waals surface area contributed by atoms with E-state index in [9.17, 15) is 10.1 Å². The monoisotopic (exact) mass is 254 g/mol. The molecule has 0 bridgehead atoms. The number of ether oxygens (including phenoxy) is 1. The third kappa shape index (κ3) is 4.31. The number of aliphatic hydroxyl groups is 1. The maximum absolute atomic E-state index is 10.5. The summed E-state index contributed by atoms with van der Waals surface area (Å²) < 4.78 is 5.46. The molecule has 1 N–H and O–H groups in total. The second kappa shape index (κ2) is 6.93. The minimum atomic E-state index is -0.444. The number of nitro benzene ring substituents is 1. The molecule has 0 saturated heterocycles. The van der Waals surface area contributed by atoms with Crippen LogP contribution in [0.1, 0.15) is 6.92 Å². The Labute approximate surface area is 106 Å². The molecule has 100 valence electrons. The molecule has 6 heteroatoms. The zero-order valence-corrected chi connectivity index (χ0v) is 10.6. The van der Waals surface area contributed by atoms with Crippen LogP contribution in [0.5, 0.6) is 5.75 Å². The molecule has 0 fully saturated rings. The first-order valence-corrected chi connectivity index (χ1v) is 5.73. The van der Waals surface area contributed by atoms with Gasteiger partial charge in [0.15, 0.2) is 0 Å². The summed E-state index contributed by atoms with van der Waals surface area (Å²) in [5.74, 6) is 0.602. The summed E-state index contributed by atoms with van der Waals surface area (Å²) in [5, 5.41) is 19.4. The summed E-state index contributed by atoms with van der Waals surface area (Å²) in [4.78, 5) is 12.0. The number of non-ortho nitro benzene ring substituents is 1. The quantitative estimate of drug-likeness (QED) is 0.586. The van der Waals surface area contributed by atoms with Crippen molar-refractivity contribution in [3.05, 3.63) is 34.4 Å². The molecule has 1 aromatic rings. The molecule has 6 nitrogen and oxygen atoms in total. The number of benzene rings is 1. The Kier molecular flexibility index (Phi) is 5.54. The van der Waals surface area contributed by atoms with Crippen molar-refractivity contribution in [2.45, 2.75) is 13.0 Å². The van der Waals surface area contributed by atoms with Gasteiger partial charge in [0.1, 0.15) is 12.4 Å². The summed E-state index contributed by atoms with van der Waals surface area (Å²) in [6.45, 7) is 3.18. The second-order valence-electron chi connectivity index (χ2n) is 4.11. The molecule has 1 unspecified atom stereocenters. The fraction of sp³-hybridized carbons (Fsp3) is 0.500. The lowest BCUT2D eigenvalue weighted by atomic mass is 10.3. The van der Waals surface area contributed by atoms with E-state index in [0.717, 1.165) is 0 Å². The molecule has 0 heterocycles. The van der Waals surface area contributed by atoms with Crippen LogP contribution in [0.4, 0.5) is 5.69 Å². The van der Waals surface area contributed by atoms with Crippen LogP contribution in [0, 0.1) is 10.1 Å². The van der Waals surface area contributed by atoms with E-state index in [0.29, 0.717) is 18.9 Å². The van der Waals surface area contributed by atoms with Crippen molar-refractivity contribution in [2.24, 2.45) is 0 Å². The van der Waals surface area contributed by atoms with E-state index >= 15 is 0 Å². The SMILES string of the molecule is CC(CO)N(C)CCOc1ccc([N+](=O)[O-])cc1. The lowest BCUT2D eigenvalue weighted by Gasteiger charge is -2.22. The molecule has 0 aliphatic heterocycles. The van der Waals surface area contributed by atoms with E-state index in [-0.39, 0.29) is 18.3 Å². The Morgan fingerprint density at radius 3 is 2.56 bits per heavy atom. The topological polar surface area (TPSA) is 75.8 Å². The van der Waals surface area contributed by atoms with Crippen LogP contribution < -0.4 is 4.74 Å². The van der Waals surface area contributed by atoms with Crippen LogP contribution in [-0.2, 0) is 0 Å². The van der Waals surface area contributed by atoms with Crippen molar-refractivity contribution in [1.29, 1.82) is 0 Å². The molecule has 0 aromatic heterocycles. The fourth-order valence-electron chi connectivity index (χ4n) is 1.33. The van der Waals surface area contributed by atoms with Crippen molar-refractivity contribution < 1.29 is 14.8 Å². The van der Waals surface area contributed by atoms with Gasteiger partial charge in [-0.25, -0.2) is 0 Å². The molecule has 1 rings (SSSR count). The van der Waals surface area contributed by atoms with Crippen LogP contribution in [0.3, 0.4) is 0 Å². The highest BCUT2D eigenvalue weighted by atomic mass is 16.6. The maximum atomic E-state index is 10.5. The number of nitro groups is 1. The molecule has 0 aliphatic carbocycles. The van der Waals surface area contributed by atoms with Gasteiger partial charge in [0.25, 0.3) is 5.69 Å². The Bertz CT molecular complexity index is 380. The average Bonchev–Trinajstić information content (AvgIpc) is 2.38. The zero-order valence-electron chi connectivity index (χ0n) is 10.6. The van der Waals surface area contributed by atoms with E-state index in [1.54, 1.807) is 12.1 Å². The summed E-state index contributed by atoms with van der Waals surface area (Å²) in [5.41, 5.74) is 0.0494. The van der Waals surface area contributed by atoms with Crippen LogP contribution in [-0.4, -0.2) is 47.8 Å². The van der Waals surface area contributed by atoms with Crippen molar-refractivity contribution in [2.75, 3.05) is 26.8 Å². The van der Waals surface area contributed by atoms with Crippen molar-refractivity contribution in [1.82, 2.24) is 4.90 Å². The largest absolute Gasteiger partial charge is 0.492 e. The Morgan fingerprint density at radius 2 is 2.06 bits per heavy atom. The van der Waals surface area contributed by atoms with E-state index in [1.807, 2.05) is 18.9 Å². The highest BCUT2D eigenvalue weighted by Gasteiger charge is 2.08. The first kappa shape index (κ1) is 14.4. The maximum Gasteiger partial charge on any atom is 0.269 e. The van der Waals surface area contributed by atoms with Gasteiger partial charge in [-0.15, -0.1) is 0 Å². The highest BCUT2D eigenvalue weighted by Crippen LogP contribution is 2.17. The van der Waals surface area contributed by atoms with E-state index in [2.05, 4.69) is 0 Å². The number of hydrogen-bond donors (Lipinski definition) is 1. The van der Waals surface area contributed by atoms with E-state index < -0.39 is 4.92 Å². The Morgan fingerprint density at radius 1 is 1.44 bits per heavy atom. The fourth-order valence-corrected chi connectivity index (χ4v) is 1.33. The summed E-state index contributed by atoms with van der Waals surface area (Å²) in [7, 11) is 1.90. The number of nitrogens with zero attached hydrogens (tertiary/aromatic N) is 2. The predicted octanol–water partition coefficient (Wildman–Crippen LogP) is 1.29. The zero-order chi connectivity index (χ0) is 13.5. The molecular formula is C12H18N2O4. The van der Waals surface area contributed by atoms with Gasteiger partial charge in [0, 0.05) is 24.7 Å². The molecule has 18 heavy (non-hydrogen) atoms. The van der Waals surface area contributed by atoms with Crippen LogP contribution in [0.2, 0.25) is 0 Å². The molecular weight excluding hydrogens is 236 g/mol. The van der Waals surface area contributed by atoms with Crippen LogP contribution in [0.15, 0.2) is 24.3 Å². The molecule has 1 atom stereocenters. The highest BCUT2D eigenvalue weighted by molar-refractivity contribution is 5.35. The van der Waals surface area contributed by atoms with Gasteiger partial charge in [-0.05, 0) is 26.1 Å². The molecule has 0 radical (unpaired) electrons. The molecule has 1 aromatic carbocycles. The van der Waals surface area contributed by atoms with E-state index in [1.165, 1.54) is 12.1 Å². The first-order valence-electron chi connectivity index (χ1n) is 5.73. The number of hydrogen-bond acceptors (Lipinski definition) is 5. The van der Waals surface area contributed by atoms with Gasteiger partial charge in [-0.1, -0.05) is 0 Å². The third-order valence-corrected chi connectivity index (χ3v) is 2.78. The van der Waals surface area contributed by atoms with Gasteiger partial charge < -0.3 is 9.84 Å². The summed E-state index contributed by atoms with van der Waals surface area (Å²) >= 11 is 0. The van der Waals surface area contributed by atoms with Crippen LogP contribution >= 0.6 is 0 Å². The van der Waals surface area contributed by atoms with Gasteiger partial charge in [-0.3, -0.25) is 15.0 Å². The summed E-state index contributed by atoms with van der Waals surface area (Å²) in [6.07, 6.45) is 0. The molecule has 0 amide bonds. The second-order valence-corrected chi connectivity index (χ2v) is 4.11. The molecule has 0 saturated carbocycles. The first-order chi connectivity index (χ1) is 8.54. The van der Waals surface area contributed by atoms with Gasteiger partial charge in [0.05, 0.1) is 11.5 Å². The Hall–Kier alpha value is -1.66. The van der Waals surface area contributed by atoms with Crippen molar-refractivity contribution in [3.8, 4) is 5.75 Å². The van der Waals surface area contributed by atoms with Gasteiger partial charge in [-0.2, -0.15) is 0 Å².